The number of rotatable bonds is 6. The second-order valence-corrected chi connectivity index (χ2v) is 6.31. The minimum atomic E-state index is 0. The average Bonchev–Trinajstić information content (AvgIpc) is 3.15. The lowest BCUT2D eigenvalue weighted by atomic mass is 10.1. The minimum absolute atomic E-state index is 0. The average molecular weight is 329 g/mol. The Labute approximate surface area is 135 Å². The SMILES string of the molecule is Cc1ncsc1CN(Cc1cocn1)CC1CCNC1.Cl. The first-order chi connectivity index (χ1) is 9.81. The van der Waals surface area contributed by atoms with Crippen molar-refractivity contribution in [2.75, 3.05) is 19.6 Å². The van der Waals surface area contributed by atoms with Gasteiger partial charge in [0.2, 0.25) is 0 Å². The smallest absolute Gasteiger partial charge is 0.180 e. The van der Waals surface area contributed by atoms with Crippen LogP contribution in [0, 0.1) is 12.8 Å². The van der Waals surface area contributed by atoms with Crippen LogP contribution in [-0.2, 0) is 13.1 Å². The molecule has 1 N–H and O–H groups in total. The van der Waals surface area contributed by atoms with Gasteiger partial charge in [-0.25, -0.2) is 9.97 Å². The standard InChI is InChI=1S/C14H20N4OS.ClH/c1-11-14(20-10-17-11)7-18(5-12-2-3-15-4-12)6-13-8-19-9-16-13;/h8-10,12,15H,2-7H2,1H3;1H. The quantitative estimate of drug-likeness (QED) is 0.883. The maximum Gasteiger partial charge on any atom is 0.180 e. The van der Waals surface area contributed by atoms with Crippen LogP contribution >= 0.6 is 23.7 Å². The van der Waals surface area contributed by atoms with E-state index in [1.165, 1.54) is 17.7 Å². The third-order valence-corrected chi connectivity index (χ3v) is 4.68. The third-order valence-electron chi connectivity index (χ3n) is 3.76. The van der Waals surface area contributed by atoms with Crippen LogP contribution in [0.2, 0.25) is 0 Å². The fourth-order valence-corrected chi connectivity index (χ4v) is 3.46. The molecule has 0 saturated carbocycles. The third kappa shape index (κ3) is 4.51. The molecule has 21 heavy (non-hydrogen) atoms. The Bertz CT molecular complexity index is 525. The van der Waals surface area contributed by atoms with E-state index in [2.05, 4.69) is 27.1 Å². The van der Waals surface area contributed by atoms with Gasteiger partial charge in [-0.1, -0.05) is 0 Å². The van der Waals surface area contributed by atoms with Crippen molar-refractivity contribution in [2.45, 2.75) is 26.4 Å². The Balaban J connectivity index is 0.00000161. The first-order valence-electron chi connectivity index (χ1n) is 7.00. The molecule has 1 fully saturated rings. The van der Waals surface area contributed by atoms with E-state index in [4.69, 9.17) is 4.42 Å². The molecule has 116 valence electrons. The van der Waals surface area contributed by atoms with E-state index in [1.807, 2.05) is 5.51 Å². The van der Waals surface area contributed by atoms with E-state index in [1.54, 1.807) is 17.6 Å². The molecular formula is C14H21ClN4OS. The van der Waals surface area contributed by atoms with Crippen LogP contribution in [0.15, 0.2) is 22.6 Å². The number of hydrogen-bond acceptors (Lipinski definition) is 6. The minimum Gasteiger partial charge on any atom is -0.451 e. The highest BCUT2D eigenvalue weighted by Crippen LogP contribution is 2.19. The molecule has 1 unspecified atom stereocenters. The van der Waals surface area contributed by atoms with Crippen LogP contribution in [-0.4, -0.2) is 34.5 Å². The molecule has 3 heterocycles. The summed E-state index contributed by atoms with van der Waals surface area (Å²) in [7, 11) is 0. The molecule has 3 rings (SSSR count). The predicted octanol–water partition coefficient (Wildman–Crippen LogP) is 2.47. The Kier molecular flexibility index (Phi) is 6.17. The summed E-state index contributed by atoms with van der Waals surface area (Å²) in [5.74, 6) is 0.732. The van der Waals surface area contributed by atoms with Gasteiger partial charge < -0.3 is 9.73 Å². The molecule has 2 aromatic heterocycles. The largest absolute Gasteiger partial charge is 0.451 e. The van der Waals surface area contributed by atoms with E-state index in [0.29, 0.717) is 0 Å². The molecule has 1 aliphatic rings. The van der Waals surface area contributed by atoms with E-state index in [-0.39, 0.29) is 12.4 Å². The van der Waals surface area contributed by atoms with Crippen molar-refractivity contribution in [2.24, 2.45) is 5.92 Å². The highest BCUT2D eigenvalue weighted by molar-refractivity contribution is 7.09. The van der Waals surface area contributed by atoms with Crippen LogP contribution in [0.25, 0.3) is 0 Å². The summed E-state index contributed by atoms with van der Waals surface area (Å²) < 4.78 is 5.08. The number of aromatic nitrogens is 2. The van der Waals surface area contributed by atoms with Gasteiger partial charge in [-0.15, -0.1) is 23.7 Å². The molecule has 0 spiro atoms. The summed E-state index contributed by atoms with van der Waals surface area (Å²) in [6.07, 6.45) is 4.50. The Morgan fingerprint density at radius 2 is 2.33 bits per heavy atom. The number of nitrogens with zero attached hydrogens (tertiary/aromatic N) is 3. The zero-order valence-electron chi connectivity index (χ0n) is 12.1. The number of aryl methyl sites for hydroxylation is 1. The second kappa shape index (κ2) is 7.89. The van der Waals surface area contributed by atoms with Crippen molar-refractivity contribution in [3.05, 3.63) is 34.4 Å². The molecule has 1 saturated heterocycles. The molecule has 0 amide bonds. The fraction of sp³-hybridized carbons (Fsp3) is 0.571. The Morgan fingerprint density at radius 1 is 1.43 bits per heavy atom. The molecule has 0 radical (unpaired) electrons. The van der Waals surface area contributed by atoms with Crippen molar-refractivity contribution in [1.82, 2.24) is 20.2 Å². The summed E-state index contributed by atoms with van der Waals surface area (Å²) in [5, 5.41) is 3.44. The number of thiazole rings is 1. The van der Waals surface area contributed by atoms with E-state index >= 15 is 0 Å². The summed E-state index contributed by atoms with van der Waals surface area (Å²) in [5.41, 5.74) is 4.07. The normalized spacial score (nSPS) is 18.1. The van der Waals surface area contributed by atoms with Crippen LogP contribution in [0.5, 0.6) is 0 Å². The van der Waals surface area contributed by atoms with E-state index in [9.17, 15) is 0 Å². The van der Waals surface area contributed by atoms with Gasteiger partial charge in [0.15, 0.2) is 6.39 Å². The highest BCUT2D eigenvalue weighted by Gasteiger charge is 2.20. The van der Waals surface area contributed by atoms with Gasteiger partial charge in [0.05, 0.1) is 16.9 Å². The number of nitrogens with one attached hydrogen (secondary N) is 1. The van der Waals surface area contributed by atoms with Gasteiger partial charge in [0, 0.05) is 24.5 Å². The van der Waals surface area contributed by atoms with Gasteiger partial charge in [-0.05, 0) is 32.4 Å². The summed E-state index contributed by atoms with van der Waals surface area (Å²) in [4.78, 5) is 12.4. The number of oxazole rings is 1. The van der Waals surface area contributed by atoms with Crippen molar-refractivity contribution in [3.63, 3.8) is 0 Å². The molecule has 7 heteroatoms. The van der Waals surface area contributed by atoms with Crippen LogP contribution in [0.3, 0.4) is 0 Å². The maximum atomic E-state index is 5.08. The lowest BCUT2D eigenvalue weighted by Gasteiger charge is -2.24. The van der Waals surface area contributed by atoms with E-state index < -0.39 is 0 Å². The van der Waals surface area contributed by atoms with Crippen LogP contribution in [0.4, 0.5) is 0 Å². The van der Waals surface area contributed by atoms with Crippen LogP contribution < -0.4 is 5.32 Å². The summed E-state index contributed by atoms with van der Waals surface area (Å²) in [6.45, 7) is 7.22. The number of hydrogen-bond donors (Lipinski definition) is 1. The fourth-order valence-electron chi connectivity index (χ4n) is 2.65. The maximum absolute atomic E-state index is 5.08. The Morgan fingerprint density at radius 3 is 2.95 bits per heavy atom. The number of halogens is 1. The second-order valence-electron chi connectivity index (χ2n) is 5.37. The predicted molar refractivity (Wildman–Crippen MR) is 85.7 cm³/mol. The lowest BCUT2D eigenvalue weighted by Crippen LogP contribution is -2.30. The van der Waals surface area contributed by atoms with Crippen molar-refractivity contribution < 1.29 is 4.42 Å². The van der Waals surface area contributed by atoms with Gasteiger partial charge in [-0.2, -0.15) is 0 Å². The van der Waals surface area contributed by atoms with Gasteiger partial charge in [0.1, 0.15) is 6.26 Å². The molecule has 5 nitrogen and oxygen atoms in total. The van der Waals surface area contributed by atoms with E-state index in [0.717, 1.165) is 50.0 Å². The molecule has 0 bridgehead atoms. The molecule has 0 aromatic carbocycles. The van der Waals surface area contributed by atoms with Gasteiger partial charge >= 0.3 is 0 Å². The molecule has 2 aromatic rings. The first kappa shape index (κ1) is 16.4. The van der Waals surface area contributed by atoms with Crippen molar-refractivity contribution in [1.29, 1.82) is 0 Å². The molecule has 1 aliphatic heterocycles. The monoisotopic (exact) mass is 328 g/mol. The molecule has 0 aliphatic carbocycles. The zero-order valence-corrected chi connectivity index (χ0v) is 13.8. The van der Waals surface area contributed by atoms with Crippen LogP contribution in [0.1, 0.15) is 22.7 Å². The first-order valence-corrected chi connectivity index (χ1v) is 7.88. The lowest BCUT2D eigenvalue weighted by molar-refractivity contribution is 0.219. The van der Waals surface area contributed by atoms with Crippen molar-refractivity contribution in [3.8, 4) is 0 Å². The topological polar surface area (TPSA) is 54.2 Å². The highest BCUT2D eigenvalue weighted by atomic mass is 35.5. The van der Waals surface area contributed by atoms with Crippen molar-refractivity contribution >= 4 is 23.7 Å². The molecule has 1 atom stereocenters. The Hall–Kier alpha value is -0.950. The van der Waals surface area contributed by atoms with Gasteiger partial charge in [0.25, 0.3) is 0 Å². The summed E-state index contributed by atoms with van der Waals surface area (Å²) >= 11 is 1.74. The van der Waals surface area contributed by atoms with Gasteiger partial charge in [-0.3, -0.25) is 4.90 Å². The molecular weight excluding hydrogens is 308 g/mol. The summed E-state index contributed by atoms with van der Waals surface area (Å²) in [6, 6.07) is 0. The zero-order chi connectivity index (χ0) is 13.8.